The molecule has 120 valence electrons. The molecular formula is C17H18ClN3O2. The number of nitrogens with two attached hydrogens (primary N) is 1. The van der Waals surface area contributed by atoms with E-state index in [4.69, 9.17) is 22.1 Å². The first-order valence-electron chi connectivity index (χ1n) is 7.61. The number of rotatable bonds is 4. The second kappa shape index (κ2) is 6.87. The highest BCUT2D eigenvalue weighted by molar-refractivity contribution is 6.32. The van der Waals surface area contributed by atoms with E-state index in [-0.39, 0.29) is 11.8 Å². The molecule has 3 N–H and O–H groups in total. The second-order valence-corrected chi connectivity index (χ2v) is 6.05. The zero-order valence-corrected chi connectivity index (χ0v) is 13.3. The topological polar surface area (TPSA) is 77.2 Å². The van der Waals surface area contributed by atoms with Crippen LogP contribution in [0.5, 0.6) is 11.5 Å². The molecule has 1 saturated carbocycles. The summed E-state index contributed by atoms with van der Waals surface area (Å²) >= 11 is 6.10. The van der Waals surface area contributed by atoms with Crippen LogP contribution in [-0.4, -0.2) is 10.9 Å². The maximum atomic E-state index is 12.1. The molecule has 5 nitrogen and oxygen atoms in total. The van der Waals surface area contributed by atoms with Crippen LogP contribution in [-0.2, 0) is 4.79 Å². The monoisotopic (exact) mass is 331 g/mol. The predicted molar refractivity (Wildman–Crippen MR) is 90.8 cm³/mol. The molecule has 0 atom stereocenters. The molecule has 3 rings (SSSR count). The molecule has 1 amide bonds. The first kappa shape index (κ1) is 15.6. The fourth-order valence-corrected chi connectivity index (χ4v) is 2.91. The van der Waals surface area contributed by atoms with E-state index < -0.39 is 0 Å². The van der Waals surface area contributed by atoms with E-state index in [9.17, 15) is 4.79 Å². The summed E-state index contributed by atoms with van der Waals surface area (Å²) in [5.41, 5.74) is 6.23. The van der Waals surface area contributed by atoms with E-state index in [1.807, 2.05) is 0 Å². The van der Waals surface area contributed by atoms with Crippen LogP contribution in [0.25, 0.3) is 0 Å². The Bertz CT molecular complexity index is 715. The molecule has 1 heterocycles. The summed E-state index contributed by atoms with van der Waals surface area (Å²) in [5, 5.41) is 3.28. The SMILES string of the molecule is Nc1ccc(Oc2ccnc(NC(=O)C3CCCC3)c2)c(Cl)c1. The summed E-state index contributed by atoms with van der Waals surface area (Å²) in [4.78, 5) is 16.3. The molecule has 6 heteroatoms. The third-order valence-corrected chi connectivity index (χ3v) is 4.19. The maximum absolute atomic E-state index is 12.1. The molecule has 0 unspecified atom stereocenters. The van der Waals surface area contributed by atoms with Crippen LogP contribution >= 0.6 is 11.6 Å². The average Bonchev–Trinajstić information content (AvgIpc) is 3.05. The lowest BCUT2D eigenvalue weighted by Gasteiger charge is -2.11. The number of carbonyl (C=O) groups is 1. The molecule has 0 bridgehead atoms. The van der Waals surface area contributed by atoms with Crippen LogP contribution in [0.4, 0.5) is 11.5 Å². The average molecular weight is 332 g/mol. The van der Waals surface area contributed by atoms with Crippen molar-refractivity contribution >= 4 is 29.0 Å². The van der Waals surface area contributed by atoms with E-state index in [1.54, 1.807) is 36.5 Å². The van der Waals surface area contributed by atoms with Crippen molar-refractivity contribution in [2.24, 2.45) is 5.92 Å². The molecule has 1 aromatic carbocycles. The van der Waals surface area contributed by atoms with Crippen LogP contribution in [0.15, 0.2) is 36.5 Å². The molecule has 0 radical (unpaired) electrons. The minimum absolute atomic E-state index is 0.0256. The van der Waals surface area contributed by atoms with Crippen molar-refractivity contribution in [1.29, 1.82) is 0 Å². The summed E-state index contributed by atoms with van der Waals surface area (Å²) in [6, 6.07) is 8.43. The van der Waals surface area contributed by atoms with E-state index >= 15 is 0 Å². The van der Waals surface area contributed by atoms with Gasteiger partial charge in [0.15, 0.2) is 0 Å². The number of pyridine rings is 1. The van der Waals surface area contributed by atoms with Crippen LogP contribution in [0.1, 0.15) is 25.7 Å². The quantitative estimate of drug-likeness (QED) is 0.821. The Hall–Kier alpha value is -2.27. The summed E-state index contributed by atoms with van der Waals surface area (Å²) in [6.45, 7) is 0. The Morgan fingerprint density at radius 2 is 2.04 bits per heavy atom. The van der Waals surface area contributed by atoms with Gasteiger partial charge in [-0.05, 0) is 37.1 Å². The van der Waals surface area contributed by atoms with Gasteiger partial charge in [0.05, 0.1) is 5.02 Å². The summed E-state index contributed by atoms with van der Waals surface area (Å²) in [6.07, 6.45) is 5.71. The van der Waals surface area contributed by atoms with Crippen LogP contribution in [0.2, 0.25) is 5.02 Å². The normalized spacial score (nSPS) is 14.7. The zero-order valence-electron chi connectivity index (χ0n) is 12.6. The lowest BCUT2D eigenvalue weighted by Crippen LogP contribution is -2.20. The van der Waals surface area contributed by atoms with Gasteiger partial charge in [-0.15, -0.1) is 0 Å². The molecular weight excluding hydrogens is 314 g/mol. The summed E-state index contributed by atoms with van der Waals surface area (Å²) < 4.78 is 5.73. The van der Waals surface area contributed by atoms with Crippen LogP contribution in [0.3, 0.4) is 0 Å². The minimum atomic E-state index is 0.0256. The van der Waals surface area contributed by atoms with Gasteiger partial charge in [-0.1, -0.05) is 24.4 Å². The zero-order chi connectivity index (χ0) is 16.2. The van der Waals surface area contributed by atoms with Gasteiger partial charge in [-0.2, -0.15) is 0 Å². The predicted octanol–water partition coefficient (Wildman–Crippen LogP) is 4.24. The fourth-order valence-electron chi connectivity index (χ4n) is 2.69. The summed E-state index contributed by atoms with van der Waals surface area (Å²) in [7, 11) is 0. The number of nitrogens with one attached hydrogen (secondary N) is 1. The number of nitrogen functional groups attached to an aromatic ring is 1. The number of nitrogens with zero attached hydrogens (tertiary/aromatic N) is 1. The van der Waals surface area contributed by atoms with Crippen molar-refractivity contribution in [2.45, 2.75) is 25.7 Å². The number of amides is 1. The van der Waals surface area contributed by atoms with Crippen LogP contribution in [0, 0.1) is 5.92 Å². The van der Waals surface area contributed by atoms with Crippen molar-refractivity contribution in [1.82, 2.24) is 4.98 Å². The number of halogens is 1. The number of hydrogen-bond donors (Lipinski definition) is 2. The third kappa shape index (κ3) is 3.93. The number of benzene rings is 1. The minimum Gasteiger partial charge on any atom is -0.456 e. The first-order chi connectivity index (χ1) is 11.1. The number of ether oxygens (including phenoxy) is 1. The van der Waals surface area contributed by atoms with Gasteiger partial charge in [0.2, 0.25) is 5.91 Å². The van der Waals surface area contributed by atoms with Crippen molar-refractivity contribution in [3.8, 4) is 11.5 Å². The number of carbonyl (C=O) groups excluding carboxylic acids is 1. The van der Waals surface area contributed by atoms with Crippen molar-refractivity contribution in [3.63, 3.8) is 0 Å². The van der Waals surface area contributed by atoms with Gasteiger partial charge in [0, 0.05) is 23.9 Å². The van der Waals surface area contributed by atoms with Crippen molar-refractivity contribution in [3.05, 3.63) is 41.6 Å². The highest BCUT2D eigenvalue weighted by atomic mass is 35.5. The largest absolute Gasteiger partial charge is 0.456 e. The lowest BCUT2D eigenvalue weighted by atomic mass is 10.1. The van der Waals surface area contributed by atoms with Gasteiger partial charge in [0.25, 0.3) is 0 Å². The molecule has 1 aromatic heterocycles. The molecule has 0 aliphatic heterocycles. The van der Waals surface area contributed by atoms with E-state index in [1.165, 1.54) is 0 Å². The standard InChI is InChI=1S/C17H18ClN3O2/c18-14-9-12(19)5-6-15(14)23-13-7-8-20-16(10-13)21-17(22)11-3-1-2-4-11/h5-11H,1-4,19H2,(H,20,21,22). The van der Waals surface area contributed by atoms with Gasteiger partial charge >= 0.3 is 0 Å². The summed E-state index contributed by atoms with van der Waals surface area (Å²) in [5.74, 6) is 1.64. The number of aromatic nitrogens is 1. The van der Waals surface area contributed by atoms with E-state index in [2.05, 4.69) is 10.3 Å². The van der Waals surface area contributed by atoms with Crippen molar-refractivity contribution in [2.75, 3.05) is 11.1 Å². The Labute approximate surface area is 139 Å². The van der Waals surface area contributed by atoms with Crippen molar-refractivity contribution < 1.29 is 9.53 Å². The third-order valence-electron chi connectivity index (χ3n) is 3.89. The molecule has 23 heavy (non-hydrogen) atoms. The Morgan fingerprint density at radius 1 is 1.26 bits per heavy atom. The molecule has 0 spiro atoms. The molecule has 0 saturated heterocycles. The molecule has 1 aliphatic rings. The molecule has 1 aliphatic carbocycles. The molecule has 2 aromatic rings. The van der Waals surface area contributed by atoms with Gasteiger partial charge in [-0.3, -0.25) is 4.79 Å². The van der Waals surface area contributed by atoms with E-state index in [0.29, 0.717) is 28.0 Å². The van der Waals surface area contributed by atoms with Gasteiger partial charge < -0.3 is 15.8 Å². The Kier molecular flexibility index (Phi) is 4.67. The highest BCUT2D eigenvalue weighted by Crippen LogP contribution is 2.31. The second-order valence-electron chi connectivity index (χ2n) is 5.64. The molecule has 1 fully saturated rings. The first-order valence-corrected chi connectivity index (χ1v) is 7.99. The maximum Gasteiger partial charge on any atom is 0.228 e. The highest BCUT2D eigenvalue weighted by Gasteiger charge is 2.22. The fraction of sp³-hybridized carbons (Fsp3) is 0.294. The van der Waals surface area contributed by atoms with Gasteiger partial charge in [-0.25, -0.2) is 4.98 Å². The van der Waals surface area contributed by atoms with Gasteiger partial charge in [0.1, 0.15) is 17.3 Å². The smallest absolute Gasteiger partial charge is 0.228 e. The Balaban J connectivity index is 1.70. The lowest BCUT2D eigenvalue weighted by molar-refractivity contribution is -0.119. The Morgan fingerprint density at radius 3 is 2.78 bits per heavy atom. The van der Waals surface area contributed by atoms with Crippen LogP contribution < -0.4 is 15.8 Å². The van der Waals surface area contributed by atoms with E-state index in [0.717, 1.165) is 25.7 Å². The number of anilines is 2. The number of hydrogen-bond acceptors (Lipinski definition) is 4.